The first-order valence-corrected chi connectivity index (χ1v) is 11.4. The number of sulfonamides is 1. The molecule has 3 rings (SSSR count). The number of amides is 1. The number of para-hydroxylation sites is 1. The summed E-state index contributed by atoms with van der Waals surface area (Å²) >= 11 is 0. The lowest BCUT2D eigenvalue weighted by molar-refractivity contribution is -0.384. The van der Waals surface area contributed by atoms with E-state index in [0.29, 0.717) is 25.3 Å². The Bertz CT molecular complexity index is 1030. The highest BCUT2D eigenvalue weighted by molar-refractivity contribution is 7.88. The van der Waals surface area contributed by atoms with Gasteiger partial charge in [-0.05, 0) is 37.0 Å². The maximum atomic E-state index is 13.2. The predicted molar refractivity (Wildman–Crippen MR) is 111 cm³/mol. The molecule has 0 aromatic heterocycles. The largest absolute Gasteiger partial charge is 0.457 e. The number of carbonyl (C=O) groups excluding carboxylic acids is 1. The minimum Gasteiger partial charge on any atom is -0.457 e. The number of likely N-dealkylation sites (tertiary alicyclic amines) is 1. The van der Waals surface area contributed by atoms with Crippen LogP contribution in [0.5, 0.6) is 11.5 Å². The van der Waals surface area contributed by atoms with Crippen LogP contribution in [-0.4, -0.2) is 50.0 Å². The smallest absolute Gasteiger partial charge is 0.270 e. The number of hydrogen-bond donors (Lipinski definition) is 1. The van der Waals surface area contributed by atoms with E-state index in [2.05, 4.69) is 4.72 Å². The lowest BCUT2D eigenvalue weighted by atomic mass is 9.97. The van der Waals surface area contributed by atoms with E-state index in [1.165, 1.54) is 18.2 Å². The van der Waals surface area contributed by atoms with Crippen molar-refractivity contribution >= 4 is 21.6 Å². The highest BCUT2D eigenvalue weighted by Gasteiger charge is 2.28. The molecule has 1 N–H and O–H groups in total. The van der Waals surface area contributed by atoms with E-state index >= 15 is 0 Å². The Morgan fingerprint density at radius 2 is 2.00 bits per heavy atom. The van der Waals surface area contributed by atoms with Gasteiger partial charge < -0.3 is 9.64 Å². The summed E-state index contributed by atoms with van der Waals surface area (Å²) in [5, 5.41) is 11.2. The normalized spacial score (nSPS) is 16.8. The van der Waals surface area contributed by atoms with Crippen molar-refractivity contribution in [2.75, 3.05) is 25.9 Å². The van der Waals surface area contributed by atoms with E-state index < -0.39 is 14.9 Å². The number of piperidine rings is 1. The number of nitrogens with zero attached hydrogens (tertiary/aromatic N) is 2. The summed E-state index contributed by atoms with van der Waals surface area (Å²) in [6.45, 7) is 1.08. The van der Waals surface area contributed by atoms with Crippen molar-refractivity contribution in [2.24, 2.45) is 5.92 Å². The van der Waals surface area contributed by atoms with Gasteiger partial charge in [-0.25, -0.2) is 13.1 Å². The van der Waals surface area contributed by atoms with E-state index in [0.717, 1.165) is 12.7 Å². The zero-order valence-electron chi connectivity index (χ0n) is 16.5. The third kappa shape index (κ3) is 5.77. The fraction of sp³-hybridized carbons (Fsp3) is 0.350. The number of nitro benzene ring substituents is 1. The molecule has 1 amide bonds. The third-order valence-corrected chi connectivity index (χ3v) is 5.51. The fourth-order valence-corrected chi connectivity index (χ4v) is 3.90. The van der Waals surface area contributed by atoms with Crippen molar-refractivity contribution in [1.82, 2.24) is 9.62 Å². The second-order valence-electron chi connectivity index (χ2n) is 7.23. The van der Waals surface area contributed by atoms with Crippen LogP contribution in [0.15, 0.2) is 48.5 Å². The van der Waals surface area contributed by atoms with Crippen LogP contribution >= 0.6 is 0 Å². The molecule has 2 aromatic rings. The van der Waals surface area contributed by atoms with E-state index in [4.69, 9.17) is 4.74 Å². The molecule has 0 radical (unpaired) electrons. The standard InChI is InChI=1S/C20H23N3O6S/c1-30(27,28)21-13-15-6-5-11-22(14-15)20(24)18-12-16(23(25)26)9-10-19(18)29-17-7-3-2-4-8-17/h2-4,7-10,12,15,21H,5-6,11,13-14H2,1H3. The molecule has 1 heterocycles. The lowest BCUT2D eigenvalue weighted by Crippen LogP contribution is -2.43. The lowest BCUT2D eigenvalue weighted by Gasteiger charge is -2.33. The molecule has 0 spiro atoms. The molecular formula is C20H23N3O6S. The Morgan fingerprint density at radius 3 is 2.67 bits per heavy atom. The predicted octanol–water partition coefficient (Wildman–Crippen LogP) is 2.79. The molecule has 2 aromatic carbocycles. The molecule has 1 aliphatic rings. The Kier molecular flexibility index (Phi) is 6.68. The summed E-state index contributed by atoms with van der Waals surface area (Å²) < 4.78 is 31.0. The molecular weight excluding hydrogens is 410 g/mol. The maximum absolute atomic E-state index is 13.2. The minimum absolute atomic E-state index is 0.0328. The Labute approximate surface area is 174 Å². The Balaban J connectivity index is 1.83. The molecule has 9 nitrogen and oxygen atoms in total. The third-order valence-electron chi connectivity index (χ3n) is 4.82. The topological polar surface area (TPSA) is 119 Å². The Morgan fingerprint density at radius 1 is 1.27 bits per heavy atom. The van der Waals surface area contributed by atoms with Gasteiger partial charge in [0.05, 0.1) is 16.7 Å². The second kappa shape index (κ2) is 9.23. The minimum atomic E-state index is -3.32. The van der Waals surface area contributed by atoms with Gasteiger partial charge in [0.1, 0.15) is 11.5 Å². The molecule has 1 saturated heterocycles. The van der Waals surface area contributed by atoms with Gasteiger partial charge in [-0.3, -0.25) is 14.9 Å². The van der Waals surface area contributed by atoms with Crippen LogP contribution in [0.2, 0.25) is 0 Å². The van der Waals surface area contributed by atoms with E-state index in [1.807, 2.05) is 6.07 Å². The number of ether oxygens (including phenoxy) is 1. The molecule has 1 atom stereocenters. The number of nitro groups is 1. The number of carbonyl (C=O) groups is 1. The summed E-state index contributed by atoms with van der Waals surface area (Å²) in [6, 6.07) is 12.8. The number of rotatable bonds is 7. The highest BCUT2D eigenvalue weighted by atomic mass is 32.2. The monoisotopic (exact) mass is 433 g/mol. The molecule has 10 heteroatoms. The molecule has 1 aliphatic heterocycles. The van der Waals surface area contributed by atoms with Crippen LogP contribution in [0, 0.1) is 16.0 Å². The summed E-state index contributed by atoms with van der Waals surface area (Å²) in [6.07, 6.45) is 2.59. The van der Waals surface area contributed by atoms with Crippen molar-refractivity contribution < 1.29 is 22.9 Å². The van der Waals surface area contributed by atoms with Crippen molar-refractivity contribution in [2.45, 2.75) is 12.8 Å². The first-order chi connectivity index (χ1) is 14.2. The molecule has 30 heavy (non-hydrogen) atoms. The highest BCUT2D eigenvalue weighted by Crippen LogP contribution is 2.31. The fourth-order valence-electron chi connectivity index (χ4n) is 3.36. The number of non-ortho nitro benzene ring substituents is 1. The van der Waals surface area contributed by atoms with E-state index in [9.17, 15) is 23.3 Å². The molecule has 160 valence electrons. The Hall–Kier alpha value is -2.98. The van der Waals surface area contributed by atoms with E-state index in [1.54, 1.807) is 29.2 Å². The summed E-state index contributed by atoms with van der Waals surface area (Å²) in [5.74, 6) is 0.325. The average molecular weight is 433 g/mol. The number of hydrogen-bond acceptors (Lipinski definition) is 6. The molecule has 0 bridgehead atoms. The van der Waals surface area contributed by atoms with Gasteiger partial charge in [-0.2, -0.15) is 0 Å². The molecule has 1 unspecified atom stereocenters. The molecule has 0 saturated carbocycles. The van der Waals surface area contributed by atoms with Crippen molar-refractivity contribution in [3.8, 4) is 11.5 Å². The average Bonchev–Trinajstić information content (AvgIpc) is 2.72. The van der Waals surface area contributed by atoms with Gasteiger partial charge in [0.15, 0.2) is 0 Å². The van der Waals surface area contributed by atoms with Gasteiger partial charge in [0.2, 0.25) is 10.0 Å². The van der Waals surface area contributed by atoms with Crippen LogP contribution in [0.4, 0.5) is 5.69 Å². The zero-order valence-corrected chi connectivity index (χ0v) is 17.3. The van der Waals surface area contributed by atoms with Gasteiger partial charge in [-0.1, -0.05) is 18.2 Å². The van der Waals surface area contributed by atoms with Crippen molar-refractivity contribution in [3.63, 3.8) is 0 Å². The van der Waals surface area contributed by atoms with Crippen molar-refractivity contribution in [3.05, 3.63) is 64.2 Å². The van der Waals surface area contributed by atoms with Crippen LogP contribution in [0.1, 0.15) is 23.2 Å². The summed E-state index contributed by atoms with van der Waals surface area (Å²) in [4.78, 5) is 25.5. The van der Waals surface area contributed by atoms with Crippen molar-refractivity contribution in [1.29, 1.82) is 0 Å². The maximum Gasteiger partial charge on any atom is 0.270 e. The van der Waals surface area contributed by atoms with Crippen LogP contribution in [0.3, 0.4) is 0 Å². The molecule has 0 aliphatic carbocycles. The number of nitrogens with one attached hydrogen (secondary N) is 1. The van der Waals surface area contributed by atoms with Gasteiger partial charge in [0.25, 0.3) is 11.6 Å². The summed E-state index contributed by atoms with van der Waals surface area (Å²) in [5.41, 5.74) is -0.101. The van der Waals surface area contributed by atoms with Gasteiger partial charge in [-0.15, -0.1) is 0 Å². The van der Waals surface area contributed by atoms with E-state index in [-0.39, 0.29) is 35.4 Å². The molecule has 1 fully saturated rings. The van der Waals surface area contributed by atoms with Crippen LogP contribution in [-0.2, 0) is 10.0 Å². The number of benzene rings is 2. The van der Waals surface area contributed by atoms with Gasteiger partial charge >= 0.3 is 0 Å². The second-order valence-corrected chi connectivity index (χ2v) is 9.07. The quantitative estimate of drug-likeness (QED) is 0.530. The van der Waals surface area contributed by atoms with Crippen LogP contribution in [0.25, 0.3) is 0 Å². The summed E-state index contributed by atoms with van der Waals surface area (Å²) in [7, 11) is -3.32. The van der Waals surface area contributed by atoms with Crippen LogP contribution < -0.4 is 9.46 Å². The SMILES string of the molecule is CS(=O)(=O)NCC1CCCN(C(=O)c2cc([N+](=O)[O-])ccc2Oc2ccccc2)C1. The zero-order chi connectivity index (χ0) is 21.7. The first kappa shape index (κ1) is 21.7. The van der Waals surface area contributed by atoms with Gasteiger partial charge in [0, 0.05) is 31.8 Å². The first-order valence-electron chi connectivity index (χ1n) is 9.48.